The molecule has 0 saturated carbocycles. The van der Waals surface area contributed by atoms with Crippen molar-refractivity contribution in [2.45, 2.75) is 51.7 Å². The Balaban J connectivity index is 2.67. The van der Waals surface area contributed by atoms with Gasteiger partial charge < -0.3 is 19.5 Å². The Bertz CT molecular complexity index is 192. The Morgan fingerprint density at radius 3 is 2.44 bits per heavy atom. The van der Waals surface area contributed by atoms with Crippen molar-refractivity contribution in [2.24, 2.45) is 0 Å². The number of hydrogen-bond acceptors (Lipinski definition) is 4. The van der Waals surface area contributed by atoms with Crippen LogP contribution < -0.4 is 5.32 Å². The molecule has 0 aromatic rings. The second kappa shape index (κ2) is 8.86. The van der Waals surface area contributed by atoms with Gasteiger partial charge in [-0.2, -0.15) is 0 Å². The van der Waals surface area contributed by atoms with Crippen LogP contribution in [0.1, 0.15) is 40.0 Å². The molecule has 0 bridgehead atoms. The summed E-state index contributed by atoms with van der Waals surface area (Å²) in [5.74, 6) is 0. The number of nitrogens with one attached hydrogen (secondary N) is 1. The van der Waals surface area contributed by atoms with Gasteiger partial charge in [0, 0.05) is 39.3 Å². The van der Waals surface area contributed by atoms with Crippen LogP contribution >= 0.6 is 0 Å². The highest BCUT2D eigenvalue weighted by atomic mass is 16.5. The van der Waals surface area contributed by atoms with Crippen LogP contribution in [0.5, 0.6) is 0 Å². The summed E-state index contributed by atoms with van der Waals surface area (Å²) in [4.78, 5) is 0. The lowest BCUT2D eigenvalue weighted by Gasteiger charge is -2.43. The Morgan fingerprint density at radius 1 is 1.17 bits per heavy atom. The molecule has 0 spiro atoms. The SMILES string of the molecule is CCCNC(COCC)C1(OCC)CCOCC1. The molecule has 4 nitrogen and oxygen atoms in total. The van der Waals surface area contributed by atoms with Gasteiger partial charge in [0.25, 0.3) is 0 Å². The summed E-state index contributed by atoms with van der Waals surface area (Å²) in [6, 6.07) is 0.265. The van der Waals surface area contributed by atoms with E-state index in [0.29, 0.717) is 0 Å². The standard InChI is InChI=1S/C14H29NO3/c1-4-9-15-13(12-16-5-2)14(18-6-3)7-10-17-11-8-14/h13,15H,4-12H2,1-3H3. The number of rotatable bonds is 9. The van der Waals surface area contributed by atoms with Gasteiger partial charge in [-0.3, -0.25) is 0 Å². The molecule has 1 aliphatic heterocycles. The summed E-state index contributed by atoms with van der Waals surface area (Å²) in [5, 5.41) is 3.59. The van der Waals surface area contributed by atoms with Gasteiger partial charge in [-0.25, -0.2) is 0 Å². The third-order valence-corrected chi connectivity index (χ3v) is 3.54. The van der Waals surface area contributed by atoms with E-state index in [9.17, 15) is 0 Å². The highest BCUT2D eigenvalue weighted by molar-refractivity contribution is 4.95. The monoisotopic (exact) mass is 259 g/mol. The van der Waals surface area contributed by atoms with E-state index in [1.807, 2.05) is 6.92 Å². The first-order valence-corrected chi connectivity index (χ1v) is 7.32. The maximum absolute atomic E-state index is 6.10. The van der Waals surface area contributed by atoms with Crippen LogP contribution in [-0.4, -0.2) is 51.2 Å². The first-order valence-electron chi connectivity index (χ1n) is 7.32. The molecule has 1 saturated heterocycles. The molecule has 0 aromatic heterocycles. The summed E-state index contributed by atoms with van der Waals surface area (Å²) in [7, 11) is 0. The lowest BCUT2D eigenvalue weighted by Crippen LogP contribution is -2.57. The molecular weight excluding hydrogens is 230 g/mol. The Hall–Kier alpha value is -0.160. The molecule has 108 valence electrons. The average Bonchev–Trinajstić information content (AvgIpc) is 2.40. The van der Waals surface area contributed by atoms with Crippen molar-refractivity contribution in [1.82, 2.24) is 5.32 Å². The third-order valence-electron chi connectivity index (χ3n) is 3.54. The van der Waals surface area contributed by atoms with E-state index in [-0.39, 0.29) is 11.6 Å². The van der Waals surface area contributed by atoms with Crippen LogP contribution in [0.2, 0.25) is 0 Å². The van der Waals surface area contributed by atoms with Gasteiger partial charge in [-0.05, 0) is 26.8 Å². The highest BCUT2D eigenvalue weighted by Crippen LogP contribution is 2.29. The van der Waals surface area contributed by atoms with E-state index >= 15 is 0 Å². The van der Waals surface area contributed by atoms with Crippen LogP contribution in [0, 0.1) is 0 Å². The molecule has 1 rings (SSSR count). The lowest BCUT2D eigenvalue weighted by molar-refractivity contribution is -0.137. The van der Waals surface area contributed by atoms with Crippen LogP contribution in [0.25, 0.3) is 0 Å². The van der Waals surface area contributed by atoms with Crippen molar-refractivity contribution in [3.8, 4) is 0 Å². The van der Waals surface area contributed by atoms with Crippen molar-refractivity contribution in [2.75, 3.05) is 39.6 Å². The van der Waals surface area contributed by atoms with Crippen LogP contribution in [0.15, 0.2) is 0 Å². The predicted molar refractivity (Wildman–Crippen MR) is 73.0 cm³/mol. The average molecular weight is 259 g/mol. The van der Waals surface area contributed by atoms with Crippen LogP contribution in [0.4, 0.5) is 0 Å². The minimum absolute atomic E-state index is 0.114. The molecule has 0 aromatic carbocycles. The van der Waals surface area contributed by atoms with Gasteiger partial charge in [0.2, 0.25) is 0 Å². The lowest BCUT2D eigenvalue weighted by atomic mass is 9.86. The quantitative estimate of drug-likeness (QED) is 0.687. The van der Waals surface area contributed by atoms with Crippen molar-refractivity contribution in [1.29, 1.82) is 0 Å². The van der Waals surface area contributed by atoms with E-state index in [2.05, 4.69) is 19.2 Å². The molecule has 0 amide bonds. The molecule has 1 fully saturated rings. The second-order valence-corrected chi connectivity index (χ2v) is 4.78. The molecule has 0 aliphatic carbocycles. The molecule has 0 radical (unpaired) electrons. The summed E-state index contributed by atoms with van der Waals surface area (Å²) < 4.78 is 17.2. The summed E-state index contributed by atoms with van der Waals surface area (Å²) in [6.07, 6.45) is 3.03. The van der Waals surface area contributed by atoms with Crippen LogP contribution in [0.3, 0.4) is 0 Å². The predicted octanol–water partition coefficient (Wildman–Crippen LogP) is 1.98. The fourth-order valence-electron chi connectivity index (χ4n) is 2.55. The second-order valence-electron chi connectivity index (χ2n) is 4.78. The minimum Gasteiger partial charge on any atom is -0.381 e. The first kappa shape index (κ1) is 15.9. The maximum Gasteiger partial charge on any atom is 0.0900 e. The Morgan fingerprint density at radius 2 is 1.89 bits per heavy atom. The third kappa shape index (κ3) is 4.50. The fourth-order valence-corrected chi connectivity index (χ4v) is 2.55. The number of ether oxygens (including phenoxy) is 3. The van der Waals surface area contributed by atoms with Crippen molar-refractivity contribution >= 4 is 0 Å². The van der Waals surface area contributed by atoms with Gasteiger partial charge in [0.05, 0.1) is 18.2 Å². The first-order chi connectivity index (χ1) is 8.79. The smallest absolute Gasteiger partial charge is 0.0900 e. The van der Waals surface area contributed by atoms with Gasteiger partial charge >= 0.3 is 0 Å². The summed E-state index contributed by atoms with van der Waals surface area (Å²) >= 11 is 0. The molecule has 1 unspecified atom stereocenters. The van der Waals surface area contributed by atoms with Gasteiger partial charge in [-0.15, -0.1) is 0 Å². The van der Waals surface area contributed by atoms with E-state index in [4.69, 9.17) is 14.2 Å². The van der Waals surface area contributed by atoms with E-state index < -0.39 is 0 Å². The van der Waals surface area contributed by atoms with Gasteiger partial charge in [-0.1, -0.05) is 6.92 Å². The van der Waals surface area contributed by atoms with Gasteiger partial charge in [0.1, 0.15) is 0 Å². The Labute approximate surface area is 111 Å². The zero-order valence-corrected chi connectivity index (χ0v) is 12.2. The molecule has 1 N–H and O–H groups in total. The van der Waals surface area contributed by atoms with E-state index in [1.165, 1.54) is 0 Å². The van der Waals surface area contributed by atoms with E-state index in [0.717, 1.165) is 58.8 Å². The van der Waals surface area contributed by atoms with Crippen molar-refractivity contribution in [3.63, 3.8) is 0 Å². The zero-order valence-electron chi connectivity index (χ0n) is 12.2. The molecule has 1 atom stereocenters. The minimum atomic E-state index is -0.114. The largest absolute Gasteiger partial charge is 0.381 e. The highest BCUT2D eigenvalue weighted by Gasteiger charge is 2.40. The van der Waals surface area contributed by atoms with Crippen molar-refractivity contribution in [3.05, 3.63) is 0 Å². The van der Waals surface area contributed by atoms with E-state index in [1.54, 1.807) is 0 Å². The fraction of sp³-hybridized carbons (Fsp3) is 1.00. The normalized spacial score (nSPS) is 20.8. The number of hydrogen-bond donors (Lipinski definition) is 1. The molecule has 18 heavy (non-hydrogen) atoms. The Kier molecular flexibility index (Phi) is 7.82. The van der Waals surface area contributed by atoms with Gasteiger partial charge in [0.15, 0.2) is 0 Å². The van der Waals surface area contributed by atoms with Crippen molar-refractivity contribution < 1.29 is 14.2 Å². The maximum atomic E-state index is 6.10. The molecule has 1 aliphatic rings. The van der Waals surface area contributed by atoms with Crippen LogP contribution in [-0.2, 0) is 14.2 Å². The summed E-state index contributed by atoms with van der Waals surface area (Å²) in [6.45, 7) is 11.1. The summed E-state index contributed by atoms with van der Waals surface area (Å²) in [5.41, 5.74) is -0.114. The topological polar surface area (TPSA) is 39.7 Å². The molecular formula is C14H29NO3. The molecule has 4 heteroatoms. The molecule has 1 heterocycles. The zero-order chi connectivity index (χ0) is 13.3.